The van der Waals surface area contributed by atoms with Gasteiger partial charge in [-0.25, -0.2) is 0 Å². The van der Waals surface area contributed by atoms with Crippen LogP contribution in [0.25, 0.3) is 0 Å². The van der Waals surface area contributed by atoms with Crippen molar-refractivity contribution >= 4 is 11.7 Å². The highest BCUT2D eigenvalue weighted by molar-refractivity contribution is 5.92. The van der Waals surface area contributed by atoms with Crippen molar-refractivity contribution in [2.24, 2.45) is 0 Å². The fraction of sp³-hybridized carbons (Fsp3) is 0.583. The van der Waals surface area contributed by atoms with Crippen LogP contribution < -0.4 is 10.6 Å². The summed E-state index contributed by atoms with van der Waals surface area (Å²) in [6.07, 6.45) is 0.895. The molecule has 0 saturated heterocycles. The Balaban J connectivity index is 2.64. The summed E-state index contributed by atoms with van der Waals surface area (Å²) in [4.78, 5) is 11.7. The third-order valence-electron chi connectivity index (χ3n) is 2.32. The summed E-state index contributed by atoms with van der Waals surface area (Å²) in [6, 6.07) is 3.88. The van der Waals surface area contributed by atoms with Gasteiger partial charge in [0.25, 0.3) is 5.91 Å². The van der Waals surface area contributed by atoms with Gasteiger partial charge in [0.1, 0.15) is 5.82 Å². The molecule has 1 atom stereocenters. The largest absolute Gasteiger partial charge is 0.366 e. The zero-order chi connectivity index (χ0) is 12.8. The summed E-state index contributed by atoms with van der Waals surface area (Å²) < 4.78 is 0. The molecule has 5 nitrogen and oxygen atoms in total. The Morgan fingerprint density at radius 1 is 1.29 bits per heavy atom. The zero-order valence-electron chi connectivity index (χ0n) is 10.8. The number of hydrogen-bond donors (Lipinski definition) is 2. The van der Waals surface area contributed by atoms with Crippen LogP contribution in [0.15, 0.2) is 12.1 Å². The normalized spacial score (nSPS) is 12.3. The molecule has 1 unspecified atom stereocenters. The molecule has 1 amide bonds. The maximum Gasteiger partial charge on any atom is 0.272 e. The first-order valence-corrected chi connectivity index (χ1v) is 5.94. The Kier molecular flexibility index (Phi) is 4.87. The van der Waals surface area contributed by atoms with E-state index in [1.165, 1.54) is 0 Å². The quantitative estimate of drug-likeness (QED) is 0.818. The van der Waals surface area contributed by atoms with Crippen LogP contribution in [0.5, 0.6) is 0 Å². The molecule has 0 aliphatic carbocycles. The number of nitrogens with zero attached hydrogens (tertiary/aromatic N) is 2. The molecular weight excluding hydrogens is 216 g/mol. The Bertz CT molecular complexity index is 361. The van der Waals surface area contributed by atoms with Gasteiger partial charge in [0, 0.05) is 12.1 Å². The molecule has 0 fully saturated rings. The summed E-state index contributed by atoms with van der Waals surface area (Å²) in [7, 11) is 0. The lowest BCUT2D eigenvalue weighted by atomic mass is 10.2. The van der Waals surface area contributed by atoms with Gasteiger partial charge in [0.05, 0.1) is 0 Å². The third-order valence-corrected chi connectivity index (χ3v) is 2.32. The molecule has 5 heteroatoms. The van der Waals surface area contributed by atoms with Crippen LogP contribution >= 0.6 is 0 Å². The lowest BCUT2D eigenvalue weighted by molar-refractivity contribution is 0.0933. The second-order valence-electron chi connectivity index (χ2n) is 4.39. The number of carbonyl (C=O) groups excluding carboxylic acids is 1. The smallest absolute Gasteiger partial charge is 0.272 e. The highest BCUT2D eigenvalue weighted by Crippen LogP contribution is 2.04. The summed E-state index contributed by atoms with van der Waals surface area (Å²) >= 11 is 0. The van der Waals surface area contributed by atoms with Gasteiger partial charge >= 0.3 is 0 Å². The molecule has 17 heavy (non-hydrogen) atoms. The van der Waals surface area contributed by atoms with E-state index in [0.29, 0.717) is 17.6 Å². The molecule has 0 aliphatic rings. The van der Waals surface area contributed by atoms with E-state index in [1.807, 2.05) is 27.7 Å². The summed E-state index contributed by atoms with van der Waals surface area (Å²) in [5.74, 6) is 0.503. The molecule has 94 valence electrons. The molecule has 0 aliphatic heterocycles. The number of anilines is 1. The van der Waals surface area contributed by atoms with Gasteiger partial charge in [-0.15, -0.1) is 10.2 Å². The first-order chi connectivity index (χ1) is 8.02. The van der Waals surface area contributed by atoms with Crippen molar-refractivity contribution in [1.82, 2.24) is 15.5 Å². The van der Waals surface area contributed by atoms with Crippen molar-refractivity contribution in [1.29, 1.82) is 0 Å². The molecule has 0 radical (unpaired) electrons. The third kappa shape index (κ3) is 4.38. The fourth-order valence-corrected chi connectivity index (χ4v) is 1.23. The van der Waals surface area contributed by atoms with Gasteiger partial charge in [0.2, 0.25) is 0 Å². The van der Waals surface area contributed by atoms with E-state index in [-0.39, 0.29) is 11.9 Å². The van der Waals surface area contributed by atoms with Crippen LogP contribution in [-0.2, 0) is 0 Å². The van der Waals surface area contributed by atoms with Crippen molar-refractivity contribution in [2.45, 2.75) is 46.2 Å². The van der Waals surface area contributed by atoms with Gasteiger partial charge < -0.3 is 10.6 Å². The Hall–Kier alpha value is -1.65. The molecule has 1 heterocycles. The minimum Gasteiger partial charge on any atom is -0.366 e. The van der Waals surface area contributed by atoms with E-state index >= 15 is 0 Å². The van der Waals surface area contributed by atoms with Gasteiger partial charge in [-0.3, -0.25) is 4.79 Å². The van der Waals surface area contributed by atoms with Crippen molar-refractivity contribution in [3.05, 3.63) is 17.8 Å². The molecule has 0 bridgehead atoms. The van der Waals surface area contributed by atoms with E-state index in [4.69, 9.17) is 0 Å². The minimum absolute atomic E-state index is 0.151. The van der Waals surface area contributed by atoms with Crippen molar-refractivity contribution in [3.8, 4) is 0 Å². The lowest BCUT2D eigenvalue weighted by Crippen LogP contribution is -2.32. The second kappa shape index (κ2) is 6.18. The molecule has 2 N–H and O–H groups in total. The number of rotatable bonds is 5. The van der Waals surface area contributed by atoms with Gasteiger partial charge in [-0.2, -0.15) is 0 Å². The SMILES string of the molecule is CCC(C)NC(=O)c1ccc(NC(C)C)nn1. The highest BCUT2D eigenvalue weighted by Gasteiger charge is 2.10. The maximum absolute atomic E-state index is 11.7. The van der Waals surface area contributed by atoms with Crippen molar-refractivity contribution in [3.63, 3.8) is 0 Å². The van der Waals surface area contributed by atoms with Crippen LogP contribution in [-0.4, -0.2) is 28.2 Å². The van der Waals surface area contributed by atoms with E-state index in [0.717, 1.165) is 6.42 Å². The van der Waals surface area contributed by atoms with E-state index in [1.54, 1.807) is 12.1 Å². The fourth-order valence-electron chi connectivity index (χ4n) is 1.23. The number of nitrogens with one attached hydrogen (secondary N) is 2. The zero-order valence-corrected chi connectivity index (χ0v) is 10.8. The first-order valence-electron chi connectivity index (χ1n) is 5.94. The molecule has 1 rings (SSSR count). The predicted molar refractivity (Wildman–Crippen MR) is 68.0 cm³/mol. The molecule has 1 aromatic rings. The molecule has 1 aromatic heterocycles. The molecule has 0 aromatic carbocycles. The average Bonchev–Trinajstić information content (AvgIpc) is 2.28. The first kappa shape index (κ1) is 13.4. The van der Waals surface area contributed by atoms with Crippen LogP contribution in [0, 0.1) is 0 Å². The van der Waals surface area contributed by atoms with Crippen LogP contribution in [0.2, 0.25) is 0 Å². The standard InChI is InChI=1S/C12H20N4O/c1-5-9(4)14-12(17)10-6-7-11(16-15-10)13-8(2)3/h6-9H,5H2,1-4H3,(H,13,16)(H,14,17). The van der Waals surface area contributed by atoms with Crippen LogP contribution in [0.3, 0.4) is 0 Å². The number of carbonyl (C=O) groups is 1. The maximum atomic E-state index is 11.7. The van der Waals surface area contributed by atoms with E-state index in [2.05, 4.69) is 20.8 Å². The topological polar surface area (TPSA) is 66.9 Å². The predicted octanol–water partition coefficient (Wildman–Crippen LogP) is 1.83. The van der Waals surface area contributed by atoms with E-state index < -0.39 is 0 Å². The van der Waals surface area contributed by atoms with E-state index in [9.17, 15) is 4.79 Å². The van der Waals surface area contributed by atoms with Crippen LogP contribution in [0.4, 0.5) is 5.82 Å². The van der Waals surface area contributed by atoms with Crippen molar-refractivity contribution in [2.75, 3.05) is 5.32 Å². The summed E-state index contributed by atoms with van der Waals surface area (Å²) in [5, 5.41) is 13.8. The van der Waals surface area contributed by atoms with Gasteiger partial charge in [0.15, 0.2) is 5.69 Å². The van der Waals surface area contributed by atoms with Gasteiger partial charge in [-0.1, -0.05) is 6.92 Å². The Labute approximate surface area is 102 Å². The monoisotopic (exact) mass is 236 g/mol. The Morgan fingerprint density at radius 2 is 2.00 bits per heavy atom. The Morgan fingerprint density at radius 3 is 2.47 bits per heavy atom. The van der Waals surface area contributed by atoms with Gasteiger partial charge in [-0.05, 0) is 39.3 Å². The number of hydrogen-bond acceptors (Lipinski definition) is 4. The minimum atomic E-state index is -0.178. The molecule has 0 spiro atoms. The molecule has 0 saturated carbocycles. The molecular formula is C12H20N4O. The van der Waals surface area contributed by atoms with Crippen LogP contribution in [0.1, 0.15) is 44.6 Å². The number of amides is 1. The average molecular weight is 236 g/mol. The summed E-state index contributed by atoms with van der Waals surface area (Å²) in [6.45, 7) is 8.02. The second-order valence-corrected chi connectivity index (χ2v) is 4.39. The number of aromatic nitrogens is 2. The lowest BCUT2D eigenvalue weighted by Gasteiger charge is -2.11. The highest BCUT2D eigenvalue weighted by atomic mass is 16.2. The van der Waals surface area contributed by atoms with Crippen molar-refractivity contribution < 1.29 is 4.79 Å². The summed E-state index contributed by atoms with van der Waals surface area (Å²) in [5.41, 5.74) is 0.347.